The number of fused-ring (bicyclic) bond motifs is 1. The van der Waals surface area contributed by atoms with E-state index in [0.29, 0.717) is 29.0 Å². The molecular weight excluding hydrogens is 388 g/mol. The molecule has 5 N–H and O–H groups in total. The van der Waals surface area contributed by atoms with Gasteiger partial charge in [0.2, 0.25) is 11.8 Å². The van der Waals surface area contributed by atoms with E-state index in [0.717, 1.165) is 18.4 Å². The van der Waals surface area contributed by atoms with E-state index in [-0.39, 0.29) is 23.4 Å². The third-order valence-electron chi connectivity index (χ3n) is 4.62. The Labute approximate surface area is 168 Å². The number of phenolic OH excluding ortho intramolecular Hbond substituents is 1. The molecule has 1 aliphatic rings. The van der Waals surface area contributed by atoms with Crippen molar-refractivity contribution < 1.29 is 10.2 Å². The van der Waals surface area contributed by atoms with Crippen LogP contribution < -0.4 is 21.8 Å². The van der Waals surface area contributed by atoms with Crippen molar-refractivity contribution in [2.24, 2.45) is 4.99 Å². The highest BCUT2D eigenvalue weighted by Gasteiger charge is 2.21. The molecule has 11 heteroatoms. The Morgan fingerprint density at radius 3 is 2.87 bits per heavy atom. The van der Waals surface area contributed by atoms with Gasteiger partial charge in [-0.25, -0.2) is 9.79 Å². The van der Waals surface area contributed by atoms with Crippen LogP contribution in [0.25, 0.3) is 11.7 Å². The zero-order chi connectivity index (χ0) is 20.7. The minimum absolute atomic E-state index is 0.183. The maximum Gasteiger partial charge on any atom is 0.326 e. The summed E-state index contributed by atoms with van der Waals surface area (Å²) in [5.74, 6) is 0.272. The van der Waals surface area contributed by atoms with Gasteiger partial charge in [-0.2, -0.15) is 19.6 Å². The minimum Gasteiger partial charge on any atom is -0.508 e. The molecule has 11 nitrogen and oxygen atoms in total. The van der Waals surface area contributed by atoms with Gasteiger partial charge in [0.15, 0.2) is 5.65 Å². The van der Waals surface area contributed by atoms with Gasteiger partial charge in [0.25, 0.3) is 5.62 Å². The highest BCUT2D eigenvalue weighted by molar-refractivity contribution is 5.57. The number of anilines is 1. The van der Waals surface area contributed by atoms with Crippen molar-refractivity contribution in [3.05, 3.63) is 63.0 Å². The zero-order valence-corrected chi connectivity index (χ0v) is 15.7. The van der Waals surface area contributed by atoms with Crippen molar-refractivity contribution in [2.75, 3.05) is 5.32 Å². The first-order chi connectivity index (χ1) is 14.5. The Morgan fingerprint density at radius 2 is 2.13 bits per heavy atom. The molecule has 1 aliphatic carbocycles. The van der Waals surface area contributed by atoms with Crippen LogP contribution in [0.1, 0.15) is 24.1 Å². The van der Waals surface area contributed by atoms with Gasteiger partial charge < -0.3 is 20.5 Å². The molecule has 0 spiro atoms. The van der Waals surface area contributed by atoms with Crippen LogP contribution in [0.15, 0.2) is 40.2 Å². The molecular formula is C19H18N8O3. The SMILES string of the molecule is O=c1[nH]c(O)c(/C=c2\cnn3c(=NC4CC4)nc(NCc4cccc(O)c4)nc23)[nH]1. The van der Waals surface area contributed by atoms with Gasteiger partial charge >= 0.3 is 5.69 Å². The van der Waals surface area contributed by atoms with Gasteiger partial charge in [0, 0.05) is 11.8 Å². The van der Waals surface area contributed by atoms with Crippen LogP contribution in [-0.2, 0) is 6.54 Å². The first kappa shape index (κ1) is 17.9. The molecule has 0 amide bonds. The van der Waals surface area contributed by atoms with Gasteiger partial charge in [-0.3, -0.25) is 4.98 Å². The average molecular weight is 406 g/mol. The molecule has 152 valence electrons. The smallest absolute Gasteiger partial charge is 0.326 e. The second kappa shape index (κ2) is 7.03. The summed E-state index contributed by atoms with van der Waals surface area (Å²) >= 11 is 0. The molecule has 1 aromatic carbocycles. The van der Waals surface area contributed by atoms with Crippen LogP contribution in [0.5, 0.6) is 11.6 Å². The van der Waals surface area contributed by atoms with E-state index in [9.17, 15) is 15.0 Å². The number of aromatic amines is 2. The predicted octanol–water partition coefficient (Wildman–Crippen LogP) is -0.225. The minimum atomic E-state index is -0.511. The van der Waals surface area contributed by atoms with Crippen molar-refractivity contribution >= 4 is 17.7 Å². The maximum atomic E-state index is 11.4. The molecule has 3 aromatic heterocycles. The van der Waals surface area contributed by atoms with Gasteiger partial charge in [0.1, 0.15) is 11.4 Å². The maximum absolute atomic E-state index is 11.4. The number of imidazole rings is 1. The predicted molar refractivity (Wildman–Crippen MR) is 107 cm³/mol. The fourth-order valence-corrected chi connectivity index (χ4v) is 3.01. The van der Waals surface area contributed by atoms with Crippen LogP contribution in [0.3, 0.4) is 0 Å². The van der Waals surface area contributed by atoms with E-state index in [1.807, 2.05) is 6.07 Å². The van der Waals surface area contributed by atoms with E-state index in [4.69, 9.17) is 0 Å². The van der Waals surface area contributed by atoms with Crippen molar-refractivity contribution in [1.82, 2.24) is 29.5 Å². The lowest BCUT2D eigenvalue weighted by Gasteiger charge is -2.06. The number of rotatable bonds is 5. The Balaban J connectivity index is 1.59. The molecule has 0 unspecified atom stereocenters. The van der Waals surface area contributed by atoms with E-state index >= 15 is 0 Å². The Bertz CT molecular complexity index is 1410. The van der Waals surface area contributed by atoms with Crippen molar-refractivity contribution in [3.8, 4) is 11.6 Å². The second-order valence-corrected chi connectivity index (χ2v) is 7.05. The largest absolute Gasteiger partial charge is 0.508 e. The number of H-pyrrole nitrogens is 2. The zero-order valence-electron chi connectivity index (χ0n) is 15.7. The van der Waals surface area contributed by atoms with E-state index in [2.05, 4.69) is 35.3 Å². The topological polar surface area (TPSA) is 157 Å². The normalized spacial score (nSPS) is 15.2. The van der Waals surface area contributed by atoms with Crippen molar-refractivity contribution in [1.29, 1.82) is 0 Å². The molecule has 0 bridgehead atoms. The van der Waals surface area contributed by atoms with Crippen LogP contribution in [0.2, 0.25) is 0 Å². The number of hydrogen-bond donors (Lipinski definition) is 5. The molecule has 4 aromatic rings. The number of aromatic nitrogens is 6. The molecule has 30 heavy (non-hydrogen) atoms. The van der Waals surface area contributed by atoms with Crippen molar-refractivity contribution in [3.63, 3.8) is 0 Å². The summed E-state index contributed by atoms with van der Waals surface area (Å²) in [7, 11) is 0. The van der Waals surface area contributed by atoms with Gasteiger partial charge in [-0.1, -0.05) is 12.1 Å². The average Bonchev–Trinajstić information content (AvgIpc) is 3.35. The van der Waals surface area contributed by atoms with Crippen LogP contribution >= 0.6 is 0 Å². The summed E-state index contributed by atoms with van der Waals surface area (Å²) in [6.07, 6.45) is 5.16. The van der Waals surface area contributed by atoms with Crippen LogP contribution in [0.4, 0.5) is 5.95 Å². The van der Waals surface area contributed by atoms with Crippen LogP contribution in [0, 0.1) is 0 Å². The standard InChI is InChI=1S/C19H18N8O3/c28-13-3-1-2-10(6-13)8-20-17-24-15-11(7-14-16(29)25-19(30)23-14)9-21-27(15)18(26-17)22-12-4-5-12/h1-3,6-7,9,12,28-29H,4-5,8H2,(H,20,22,26)(H2,23,25,30)/b11-7+. The number of nitrogens with zero attached hydrogens (tertiary/aromatic N) is 5. The van der Waals surface area contributed by atoms with E-state index in [1.54, 1.807) is 30.5 Å². The summed E-state index contributed by atoms with van der Waals surface area (Å²) < 4.78 is 1.53. The van der Waals surface area contributed by atoms with E-state index in [1.165, 1.54) is 4.52 Å². The molecule has 1 fully saturated rings. The third-order valence-corrected chi connectivity index (χ3v) is 4.62. The molecule has 0 saturated heterocycles. The monoisotopic (exact) mass is 406 g/mol. The fourth-order valence-electron chi connectivity index (χ4n) is 3.01. The molecule has 3 heterocycles. The number of phenols is 1. The summed E-state index contributed by atoms with van der Waals surface area (Å²) in [6, 6.07) is 7.13. The molecule has 1 saturated carbocycles. The molecule has 0 atom stereocenters. The highest BCUT2D eigenvalue weighted by atomic mass is 16.3. The Hall–Kier alpha value is -4.15. The number of nitrogens with one attached hydrogen (secondary N) is 3. The summed E-state index contributed by atoms with van der Waals surface area (Å²) in [5.41, 5.74) is 1.48. The second-order valence-electron chi connectivity index (χ2n) is 7.05. The van der Waals surface area contributed by atoms with Crippen LogP contribution in [-0.4, -0.2) is 45.8 Å². The summed E-state index contributed by atoms with van der Waals surface area (Å²) in [6.45, 7) is 0.409. The van der Waals surface area contributed by atoms with Crippen molar-refractivity contribution in [2.45, 2.75) is 25.4 Å². The first-order valence-electron chi connectivity index (χ1n) is 9.39. The number of benzene rings is 1. The third kappa shape index (κ3) is 3.60. The lowest BCUT2D eigenvalue weighted by Crippen LogP contribution is -2.24. The first-order valence-corrected chi connectivity index (χ1v) is 9.39. The van der Waals surface area contributed by atoms with Gasteiger partial charge in [0.05, 0.1) is 12.2 Å². The number of aromatic hydroxyl groups is 2. The lowest BCUT2D eigenvalue weighted by molar-refractivity contribution is 0.454. The summed E-state index contributed by atoms with van der Waals surface area (Å²) in [4.78, 5) is 29.8. The molecule has 0 radical (unpaired) electrons. The quantitative estimate of drug-likeness (QED) is 0.306. The lowest BCUT2D eigenvalue weighted by atomic mass is 10.2. The van der Waals surface area contributed by atoms with Gasteiger partial charge in [-0.15, -0.1) is 0 Å². The summed E-state index contributed by atoms with van der Waals surface area (Å²) in [5, 5.41) is 27.5. The fraction of sp³-hybridized carbons (Fsp3) is 0.211. The number of hydrogen-bond acceptors (Lipinski definition) is 8. The van der Waals surface area contributed by atoms with E-state index < -0.39 is 5.69 Å². The Kier molecular flexibility index (Phi) is 4.20. The highest BCUT2D eigenvalue weighted by Crippen LogP contribution is 2.22. The molecule has 0 aliphatic heterocycles. The van der Waals surface area contributed by atoms with Gasteiger partial charge in [-0.05, 0) is 36.6 Å². The Morgan fingerprint density at radius 1 is 1.27 bits per heavy atom. The molecule has 5 rings (SSSR count).